The zero-order valence-electron chi connectivity index (χ0n) is 15.6. The fourth-order valence-electron chi connectivity index (χ4n) is 2.74. The van der Waals surface area contributed by atoms with Gasteiger partial charge in [0.1, 0.15) is 0 Å². The lowest BCUT2D eigenvalue weighted by atomic mass is 10.1. The van der Waals surface area contributed by atoms with E-state index in [1.165, 1.54) is 18.6 Å². The van der Waals surface area contributed by atoms with Crippen LogP contribution in [-0.4, -0.2) is 43.8 Å². The highest BCUT2D eigenvalue weighted by Gasteiger charge is 2.29. The first-order valence-corrected chi connectivity index (χ1v) is 9.46. The van der Waals surface area contributed by atoms with Gasteiger partial charge in [0.2, 0.25) is 0 Å². The van der Waals surface area contributed by atoms with E-state index in [9.17, 15) is 0 Å². The molecule has 0 bridgehead atoms. The molecule has 1 heterocycles. The van der Waals surface area contributed by atoms with Crippen LogP contribution in [0, 0.1) is 0 Å². The molecular weight excluding hydrogens is 449 g/mol. The van der Waals surface area contributed by atoms with Gasteiger partial charge in [0.05, 0.1) is 20.8 Å². The van der Waals surface area contributed by atoms with Gasteiger partial charge in [-0.05, 0) is 50.1 Å². The van der Waals surface area contributed by atoms with Crippen molar-refractivity contribution in [2.45, 2.75) is 38.0 Å². The van der Waals surface area contributed by atoms with Crippen molar-refractivity contribution in [2.75, 3.05) is 33.1 Å². The summed E-state index contributed by atoms with van der Waals surface area (Å²) in [4.78, 5) is 4.70. The first-order chi connectivity index (χ1) is 11.6. The molecule has 0 amide bonds. The molecule has 0 radical (unpaired) electrons. The average molecular weight is 479 g/mol. The number of guanidine groups is 1. The highest BCUT2D eigenvalue weighted by atomic mass is 127. The number of methoxy groups -OCH3 is 2. The van der Waals surface area contributed by atoms with E-state index in [0.29, 0.717) is 11.3 Å². The van der Waals surface area contributed by atoms with Gasteiger partial charge in [-0.25, -0.2) is 4.99 Å². The second-order valence-corrected chi connectivity index (χ2v) is 7.82. The maximum atomic E-state index is 5.35. The summed E-state index contributed by atoms with van der Waals surface area (Å²) in [6.07, 6.45) is 2.57. The molecule has 0 spiro atoms. The predicted molar refractivity (Wildman–Crippen MR) is 118 cm³/mol. The number of nitrogens with one attached hydrogen (secondary N) is 2. The second kappa shape index (κ2) is 11.0. The maximum Gasteiger partial charge on any atom is 0.191 e. The lowest BCUT2D eigenvalue weighted by Gasteiger charge is -2.24. The Morgan fingerprint density at radius 2 is 2.00 bits per heavy atom. The summed E-state index contributed by atoms with van der Waals surface area (Å²) < 4.78 is 10.9. The smallest absolute Gasteiger partial charge is 0.191 e. The molecule has 0 aromatic heterocycles. The number of hydrogen-bond acceptors (Lipinski definition) is 4. The normalized spacial score (nSPS) is 19.9. The number of benzene rings is 1. The number of nitrogens with zero attached hydrogens (tertiary/aromatic N) is 1. The fraction of sp³-hybridized carbons (Fsp3) is 0.611. The van der Waals surface area contributed by atoms with E-state index < -0.39 is 0 Å². The quantitative estimate of drug-likeness (QED) is 0.355. The fourth-order valence-corrected chi connectivity index (χ4v) is 3.98. The SMILES string of the molecule is CCNC(=NCc1ccc(OC)c(OC)c1)NCC1(C)CCCS1.I. The van der Waals surface area contributed by atoms with Crippen molar-refractivity contribution in [3.63, 3.8) is 0 Å². The number of ether oxygens (including phenoxy) is 2. The third kappa shape index (κ3) is 6.77. The third-order valence-electron chi connectivity index (χ3n) is 4.14. The lowest BCUT2D eigenvalue weighted by Crippen LogP contribution is -2.43. The maximum absolute atomic E-state index is 5.35. The summed E-state index contributed by atoms with van der Waals surface area (Å²) in [6.45, 7) is 6.80. The van der Waals surface area contributed by atoms with Gasteiger partial charge < -0.3 is 20.1 Å². The van der Waals surface area contributed by atoms with Crippen LogP contribution in [0.2, 0.25) is 0 Å². The zero-order valence-corrected chi connectivity index (χ0v) is 18.7. The van der Waals surface area contributed by atoms with Crippen LogP contribution in [0.4, 0.5) is 0 Å². The minimum atomic E-state index is 0. The van der Waals surface area contributed by atoms with E-state index in [4.69, 9.17) is 14.5 Å². The van der Waals surface area contributed by atoms with Crippen molar-refractivity contribution >= 4 is 41.7 Å². The first kappa shape index (κ1) is 22.2. The van der Waals surface area contributed by atoms with E-state index in [1.807, 2.05) is 18.2 Å². The molecule has 7 heteroatoms. The average Bonchev–Trinajstić information content (AvgIpc) is 3.04. The number of rotatable bonds is 7. The predicted octanol–water partition coefficient (Wildman–Crippen LogP) is 3.66. The van der Waals surface area contributed by atoms with Crippen LogP contribution in [0.3, 0.4) is 0 Å². The van der Waals surface area contributed by atoms with Crippen molar-refractivity contribution in [2.24, 2.45) is 4.99 Å². The van der Waals surface area contributed by atoms with Crippen molar-refractivity contribution in [1.29, 1.82) is 0 Å². The van der Waals surface area contributed by atoms with E-state index in [2.05, 4.69) is 36.2 Å². The van der Waals surface area contributed by atoms with Crippen molar-refractivity contribution in [3.05, 3.63) is 23.8 Å². The topological polar surface area (TPSA) is 54.9 Å². The summed E-state index contributed by atoms with van der Waals surface area (Å²) in [5.41, 5.74) is 1.09. The van der Waals surface area contributed by atoms with E-state index >= 15 is 0 Å². The molecule has 1 aromatic carbocycles. The molecule has 1 unspecified atom stereocenters. The molecule has 2 N–H and O–H groups in total. The molecule has 1 saturated heterocycles. The highest BCUT2D eigenvalue weighted by molar-refractivity contribution is 14.0. The number of aliphatic imine (C=N–C) groups is 1. The molecule has 5 nitrogen and oxygen atoms in total. The molecule has 0 saturated carbocycles. The standard InChI is InChI=1S/C18H29N3O2S.HI/c1-5-19-17(21-13-18(2)9-6-10-24-18)20-12-14-7-8-15(22-3)16(11-14)23-4;/h7-8,11H,5-6,9-10,12-13H2,1-4H3,(H2,19,20,21);1H. The van der Waals surface area contributed by atoms with Crippen LogP contribution in [0.1, 0.15) is 32.3 Å². The van der Waals surface area contributed by atoms with Gasteiger partial charge in [0.25, 0.3) is 0 Å². The summed E-state index contributed by atoms with van der Waals surface area (Å²) in [6, 6.07) is 5.91. The Bertz CT molecular complexity index is 563. The Hall–Kier alpha value is -0.830. The molecule has 1 fully saturated rings. The monoisotopic (exact) mass is 479 g/mol. The van der Waals surface area contributed by atoms with Crippen LogP contribution in [0.5, 0.6) is 11.5 Å². The van der Waals surface area contributed by atoms with Crippen LogP contribution in [-0.2, 0) is 6.54 Å². The van der Waals surface area contributed by atoms with Crippen LogP contribution in [0.15, 0.2) is 23.2 Å². The minimum absolute atomic E-state index is 0. The Morgan fingerprint density at radius 1 is 1.24 bits per heavy atom. The zero-order chi connectivity index (χ0) is 17.4. The Balaban J connectivity index is 0.00000312. The number of thioether (sulfide) groups is 1. The third-order valence-corrected chi connectivity index (χ3v) is 5.68. The van der Waals surface area contributed by atoms with Crippen LogP contribution < -0.4 is 20.1 Å². The van der Waals surface area contributed by atoms with Gasteiger partial charge in [-0.2, -0.15) is 11.8 Å². The molecule has 1 aliphatic rings. The molecule has 1 aliphatic heterocycles. The Kier molecular flexibility index (Phi) is 9.78. The van der Waals surface area contributed by atoms with Gasteiger partial charge in [0.15, 0.2) is 17.5 Å². The van der Waals surface area contributed by atoms with Gasteiger partial charge in [-0.3, -0.25) is 0 Å². The van der Waals surface area contributed by atoms with Gasteiger partial charge in [0, 0.05) is 17.8 Å². The van der Waals surface area contributed by atoms with Crippen molar-refractivity contribution in [1.82, 2.24) is 10.6 Å². The van der Waals surface area contributed by atoms with Crippen molar-refractivity contribution in [3.8, 4) is 11.5 Å². The Morgan fingerprint density at radius 3 is 2.60 bits per heavy atom. The van der Waals surface area contributed by atoms with E-state index in [-0.39, 0.29) is 24.0 Å². The molecule has 25 heavy (non-hydrogen) atoms. The molecule has 0 aliphatic carbocycles. The molecule has 1 atom stereocenters. The van der Waals surface area contributed by atoms with Crippen LogP contribution in [0.25, 0.3) is 0 Å². The molecule has 2 rings (SSSR count). The summed E-state index contributed by atoms with van der Waals surface area (Å²) in [5.74, 6) is 3.60. The Labute approximate surface area is 172 Å². The highest BCUT2D eigenvalue weighted by Crippen LogP contribution is 2.36. The second-order valence-electron chi connectivity index (χ2n) is 6.14. The van der Waals surface area contributed by atoms with E-state index in [0.717, 1.165) is 36.1 Å². The van der Waals surface area contributed by atoms with Gasteiger partial charge >= 0.3 is 0 Å². The molecule has 142 valence electrons. The summed E-state index contributed by atoms with van der Waals surface area (Å²) in [7, 11) is 3.29. The summed E-state index contributed by atoms with van der Waals surface area (Å²) >= 11 is 2.05. The van der Waals surface area contributed by atoms with Crippen LogP contribution >= 0.6 is 35.7 Å². The molecule has 1 aromatic rings. The lowest BCUT2D eigenvalue weighted by molar-refractivity contribution is 0.354. The first-order valence-electron chi connectivity index (χ1n) is 8.47. The van der Waals surface area contributed by atoms with Gasteiger partial charge in [-0.1, -0.05) is 6.07 Å². The number of halogens is 1. The molecular formula is C18H30IN3O2S. The van der Waals surface area contributed by atoms with Gasteiger partial charge in [-0.15, -0.1) is 24.0 Å². The number of hydrogen-bond donors (Lipinski definition) is 2. The van der Waals surface area contributed by atoms with E-state index in [1.54, 1.807) is 14.2 Å². The summed E-state index contributed by atoms with van der Waals surface area (Å²) in [5, 5.41) is 6.81. The largest absolute Gasteiger partial charge is 0.493 e. The van der Waals surface area contributed by atoms with Crippen molar-refractivity contribution < 1.29 is 9.47 Å². The minimum Gasteiger partial charge on any atom is -0.493 e.